The molecule has 0 radical (unpaired) electrons. The highest BCUT2D eigenvalue weighted by Crippen LogP contribution is 2.34. The zero-order valence-electron chi connectivity index (χ0n) is 9.66. The lowest BCUT2D eigenvalue weighted by Crippen LogP contribution is -2.18. The second kappa shape index (κ2) is 5.05. The summed E-state index contributed by atoms with van der Waals surface area (Å²) in [5.41, 5.74) is 2.21. The molecule has 0 aliphatic carbocycles. The number of rotatable bonds is 5. The van der Waals surface area contributed by atoms with Crippen LogP contribution in [0.2, 0.25) is 0 Å². The molecule has 17 heavy (non-hydrogen) atoms. The van der Waals surface area contributed by atoms with E-state index < -0.39 is 5.97 Å². The molecule has 0 saturated heterocycles. The molecule has 0 amide bonds. The zero-order valence-corrected chi connectivity index (χ0v) is 9.66. The fraction of sp³-hybridized carbons (Fsp3) is 0.417. The zero-order chi connectivity index (χ0) is 12.3. The molecule has 0 fully saturated rings. The lowest BCUT2D eigenvalue weighted by molar-refractivity contribution is -0.136. The number of aliphatic carboxylic acids is 1. The summed E-state index contributed by atoms with van der Waals surface area (Å²) < 4.78 is 10.6. The Balaban J connectivity index is 1.94. The van der Waals surface area contributed by atoms with Crippen molar-refractivity contribution in [3.8, 4) is 11.5 Å². The summed E-state index contributed by atoms with van der Waals surface area (Å²) in [5.74, 6) is 0.738. The largest absolute Gasteiger partial charge is 0.481 e. The normalized spacial score (nSPS) is 12.8. The van der Waals surface area contributed by atoms with E-state index in [0.29, 0.717) is 13.1 Å². The minimum Gasteiger partial charge on any atom is -0.481 e. The Kier molecular flexibility index (Phi) is 3.49. The van der Waals surface area contributed by atoms with E-state index in [2.05, 4.69) is 5.32 Å². The number of carboxylic acid groups (broad SMARTS) is 1. The van der Waals surface area contributed by atoms with Crippen LogP contribution in [0.3, 0.4) is 0 Å². The molecule has 1 aliphatic heterocycles. The first-order valence-electron chi connectivity index (χ1n) is 5.48. The van der Waals surface area contributed by atoms with Gasteiger partial charge in [-0.05, 0) is 30.2 Å². The molecule has 1 aromatic rings. The van der Waals surface area contributed by atoms with Gasteiger partial charge in [0.15, 0.2) is 11.5 Å². The Hall–Kier alpha value is -1.75. The van der Waals surface area contributed by atoms with Crippen molar-refractivity contribution in [1.29, 1.82) is 0 Å². The highest BCUT2D eigenvalue weighted by Gasteiger charge is 2.15. The van der Waals surface area contributed by atoms with E-state index >= 15 is 0 Å². The smallest absolute Gasteiger partial charge is 0.304 e. The van der Waals surface area contributed by atoms with Crippen LogP contribution in [0.4, 0.5) is 0 Å². The lowest BCUT2D eigenvalue weighted by atomic mass is 10.1. The third kappa shape index (κ3) is 2.88. The van der Waals surface area contributed by atoms with Gasteiger partial charge in [-0.25, -0.2) is 0 Å². The van der Waals surface area contributed by atoms with Crippen molar-refractivity contribution >= 4 is 5.97 Å². The number of ether oxygens (including phenoxy) is 2. The van der Waals surface area contributed by atoms with Crippen LogP contribution in [0.1, 0.15) is 17.5 Å². The number of nitrogens with one attached hydrogen (secondary N) is 1. The maximum atomic E-state index is 10.4. The summed E-state index contributed by atoms with van der Waals surface area (Å²) in [6.45, 7) is 3.36. The van der Waals surface area contributed by atoms with Gasteiger partial charge in [0.05, 0.1) is 6.42 Å². The fourth-order valence-corrected chi connectivity index (χ4v) is 1.69. The number of carboxylic acids is 1. The lowest BCUT2D eigenvalue weighted by Gasteiger charge is -2.08. The summed E-state index contributed by atoms with van der Waals surface area (Å²) >= 11 is 0. The maximum Gasteiger partial charge on any atom is 0.304 e. The molecule has 1 aliphatic rings. The molecule has 5 nitrogen and oxygen atoms in total. The Morgan fingerprint density at radius 2 is 2.12 bits per heavy atom. The minimum absolute atomic E-state index is 0.129. The van der Waals surface area contributed by atoms with E-state index in [1.807, 2.05) is 19.1 Å². The second-order valence-corrected chi connectivity index (χ2v) is 3.95. The van der Waals surface area contributed by atoms with E-state index in [0.717, 1.165) is 22.6 Å². The van der Waals surface area contributed by atoms with Gasteiger partial charge in [0.2, 0.25) is 6.79 Å². The summed E-state index contributed by atoms with van der Waals surface area (Å²) in [5, 5.41) is 11.6. The molecular formula is C12H15NO4. The van der Waals surface area contributed by atoms with Gasteiger partial charge in [-0.1, -0.05) is 0 Å². The van der Waals surface area contributed by atoms with Crippen molar-refractivity contribution in [2.45, 2.75) is 19.9 Å². The Labute approximate surface area is 99.3 Å². The van der Waals surface area contributed by atoms with Crippen molar-refractivity contribution in [3.05, 3.63) is 23.3 Å². The van der Waals surface area contributed by atoms with Crippen molar-refractivity contribution in [2.24, 2.45) is 0 Å². The standard InChI is InChI=1S/C12H15NO4/c1-8-4-10-11(17-7-16-10)5-9(8)6-13-3-2-12(14)15/h4-5,13H,2-3,6-7H2,1H3,(H,14,15). The molecular weight excluding hydrogens is 222 g/mol. The van der Waals surface area contributed by atoms with Crippen LogP contribution in [0.15, 0.2) is 12.1 Å². The van der Waals surface area contributed by atoms with Gasteiger partial charge in [-0.3, -0.25) is 4.79 Å². The Morgan fingerprint density at radius 1 is 1.41 bits per heavy atom. The van der Waals surface area contributed by atoms with Gasteiger partial charge < -0.3 is 19.9 Å². The maximum absolute atomic E-state index is 10.4. The number of aryl methyl sites for hydroxylation is 1. The van der Waals surface area contributed by atoms with Crippen LogP contribution in [0.25, 0.3) is 0 Å². The van der Waals surface area contributed by atoms with Crippen LogP contribution in [0.5, 0.6) is 11.5 Å². The fourth-order valence-electron chi connectivity index (χ4n) is 1.69. The van der Waals surface area contributed by atoms with E-state index in [1.165, 1.54) is 0 Å². The van der Waals surface area contributed by atoms with Gasteiger partial charge in [0, 0.05) is 13.1 Å². The number of hydrogen-bond acceptors (Lipinski definition) is 4. The van der Waals surface area contributed by atoms with Crippen molar-refractivity contribution < 1.29 is 19.4 Å². The molecule has 2 rings (SSSR count). The Bertz CT molecular complexity index is 431. The molecule has 5 heteroatoms. The van der Waals surface area contributed by atoms with Crippen LogP contribution >= 0.6 is 0 Å². The molecule has 2 N–H and O–H groups in total. The number of carbonyl (C=O) groups is 1. The SMILES string of the molecule is Cc1cc2c(cc1CNCCC(=O)O)OCO2. The molecule has 0 unspecified atom stereocenters. The summed E-state index contributed by atoms with van der Waals surface area (Å²) in [6, 6.07) is 3.88. The average Bonchev–Trinajstić information content (AvgIpc) is 2.71. The molecule has 0 saturated carbocycles. The summed E-state index contributed by atoms with van der Waals surface area (Å²) in [4.78, 5) is 10.4. The molecule has 1 heterocycles. The van der Waals surface area contributed by atoms with Crippen molar-refractivity contribution in [2.75, 3.05) is 13.3 Å². The molecule has 92 valence electrons. The first-order valence-corrected chi connectivity index (χ1v) is 5.48. The predicted molar refractivity (Wildman–Crippen MR) is 61.3 cm³/mol. The molecule has 0 spiro atoms. The van der Waals surface area contributed by atoms with Gasteiger partial charge >= 0.3 is 5.97 Å². The number of benzene rings is 1. The van der Waals surface area contributed by atoms with Crippen LogP contribution < -0.4 is 14.8 Å². The van der Waals surface area contributed by atoms with E-state index in [9.17, 15) is 4.79 Å². The van der Waals surface area contributed by atoms with Crippen LogP contribution in [-0.4, -0.2) is 24.4 Å². The topological polar surface area (TPSA) is 67.8 Å². The predicted octanol–water partition coefficient (Wildman–Crippen LogP) is 1.29. The van der Waals surface area contributed by atoms with Crippen LogP contribution in [0, 0.1) is 6.92 Å². The first kappa shape index (κ1) is 11.7. The molecule has 0 aromatic heterocycles. The molecule has 0 atom stereocenters. The average molecular weight is 237 g/mol. The minimum atomic E-state index is -0.792. The van der Waals surface area contributed by atoms with E-state index in [4.69, 9.17) is 14.6 Å². The van der Waals surface area contributed by atoms with Crippen molar-refractivity contribution in [1.82, 2.24) is 5.32 Å². The molecule has 1 aromatic carbocycles. The quantitative estimate of drug-likeness (QED) is 0.755. The highest BCUT2D eigenvalue weighted by molar-refractivity contribution is 5.66. The molecule has 0 bridgehead atoms. The highest BCUT2D eigenvalue weighted by atomic mass is 16.7. The second-order valence-electron chi connectivity index (χ2n) is 3.95. The van der Waals surface area contributed by atoms with Crippen LogP contribution in [-0.2, 0) is 11.3 Å². The van der Waals surface area contributed by atoms with E-state index in [1.54, 1.807) is 0 Å². The van der Waals surface area contributed by atoms with Crippen molar-refractivity contribution in [3.63, 3.8) is 0 Å². The van der Waals surface area contributed by atoms with Gasteiger partial charge in [-0.15, -0.1) is 0 Å². The van der Waals surface area contributed by atoms with Gasteiger partial charge in [0.1, 0.15) is 0 Å². The van der Waals surface area contributed by atoms with Gasteiger partial charge in [0.25, 0.3) is 0 Å². The Morgan fingerprint density at radius 3 is 2.82 bits per heavy atom. The van der Waals surface area contributed by atoms with Gasteiger partial charge in [-0.2, -0.15) is 0 Å². The number of hydrogen-bond donors (Lipinski definition) is 2. The monoisotopic (exact) mass is 237 g/mol. The first-order chi connectivity index (χ1) is 8.16. The third-order valence-corrected chi connectivity index (χ3v) is 2.66. The summed E-state index contributed by atoms with van der Waals surface area (Å²) in [6.07, 6.45) is 0.129. The third-order valence-electron chi connectivity index (χ3n) is 2.66. The summed E-state index contributed by atoms with van der Waals surface area (Å²) in [7, 11) is 0. The number of fused-ring (bicyclic) bond motifs is 1. The van der Waals surface area contributed by atoms with E-state index in [-0.39, 0.29) is 13.2 Å².